The van der Waals surface area contributed by atoms with Crippen molar-refractivity contribution in [2.45, 2.75) is 49.2 Å². The monoisotopic (exact) mass is 509 g/mol. The van der Waals surface area contributed by atoms with Crippen LogP contribution in [-0.4, -0.2) is 42.4 Å². The molecule has 0 bridgehead atoms. The lowest BCUT2D eigenvalue weighted by atomic mass is 10.0. The van der Waals surface area contributed by atoms with Crippen molar-refractivity contribution < 1.29 is 33.0 Å². The predicted molar refractivity (Wildman–Crippen MR) is 134 cm³/mol. The van der Waals surface area contributed by atoms with Gasteiger partial charge in [-0.3, -0.25) is 14.9 Å². The van der Waals surface area contributed by atoms with Crippen LogP contribution in [0.5, 0.6) is 11.5 Å². The van der Waals surface area contributed by atoms with Crippen LogP contribution >= 0.6 is 11.8 Å². The number of para-hydroxylation sites is 3. The maximum Gasteiger partial charge on any atom is 0.375 e. The summed E-state index contributed by atoms with van der Waals surface area (Å²) in [4.78, 5) is 37.6. The van der Waals surface area contributed by atoms with Crippen molar-refractivity contribution in [3.63, 3.8) is 0 Å². The minimum Gasteiger partial charge on any atom is -0.485 e. The minimum atomic E-state index is -0.988. The van der Waals surface area contributed by atoms with Crippen LogP contribution in [0, 0.1) is 0 Å². The van der Waals surface area contributed by atoms with E-state index >= 15 is 0 Å². The molecule has 1 saturated carbocycles. The Morgan fingerprint density at radius 1 is 0.972 bits per heavy atom. The number of benzene rings is 2. The van der Waals surface area contributed by atoms with Gasteiger partial charge in [0.15, 0.2) is 18.1 Å². The van der Waals surface area contributed by atoms with Crippen molar-refractivity contribution in [3.8, 4) is 11.5 Å². The number of ether oxygens (including phenoxy) is 3. The van der Waals surface area contributed by atoms with E-state index in [0.717, 1.165) is 10.9 Å². The first-order valence-electron chi connectivity index (χ1n) is 12.1. The number of imide groups is 1. The summed E-state index contributed by atoms with van der Waals surface area (Å²) in [6.07, 6.45) is 5.11. The van der Waals surface area contributed by atoms with Crippen molar-refractivity contribution in [1.29, 1.82) is 0 Å². The Labute approximate surface area is 212 Å². The molecule has 1 aliphatic carbocycles. The zero-order chi connectivity index (χ0) is 24.9. The van der Waals surface area contributed by atoms with Crippen molar-refractivity contribution in [1.82, 2.24) is 5.32 Å². The highest BCUT2D eigenvalue weighted by atomic mass is 32.2. The van der Waals surface area contributed by atoms with Gasteiger partial charge in [-0.25, -0.2) is 4.79 Å². The third-order valence-electron chi connectivity index (χ3n) is 6.30. The Hall–Kier alpha value is -3.46. The Bertz CT molecular complexity index is 1260. The van der Waals surface area contributed by atoms with Gasteiger partial charge in [0.25, 0.3) is 11.8 Å². The van der Waals surface area contributed by atoms with Crippen LogP contribution in [0.2, 0.25) is 0 Å². The lowest BCUT2D eigenvalue weighted by molar-refractivity contribution is -0.137. The second-order valence-electron chi connectivity index (χ2n) is 8.83. The molecule has 1 atom stereocenters. The molecular formula is C27H27NO7S. The molecule has 1 fully saturated rings. The van der Waals surface area contributed by atoms with Gasteiger partial charge in [0.1, 0.15) is 12.2 Å². The van der Waals surface area contributed by atoms with E-state index < -0.39 is 30.5 Å². The topological polar surface area (TPSA) is 104 Å². The van der Waals surface area contributed by atoms with Crippen LogP contribution in [0.1, 0.15) is 48.2 Å². The average molecular weight is 510 g/mol. The van der Waals surface area contributed by atoms with Gasteiger partial charge in [-0.15, -0.1) is 0 Å². The van der Waals surface area contributed by atoms with Gasteiger partial charge in [0.05, 0.1) is 0 Å². The number of amides is 2. The van der Waals surface area contributed by atoms with Gasteiger partial charge >= 0.3 is 5.97 Å². The number of nitrogens with one attached hydrogen (secondary N) is 1. The van der Waals surface area contributed by atoms with Gasteiger partial charge in [-0.05, 0) is 31.0 Å². The third kappa shape index (κ3) is 5.51. The lowest BCUT2D eigenvalue weighted by Crippen LogP contribution is -2.47. The molecule has 2 amide bonds. The molecule has 0 saturated heterocycles. The molecule has 1 aliphatic heterocycles. The summed E-state index contributed by atoms with van der Waals surface area (Å²) in [6.45, 7) is -0.655. The second kappa shape index (κ2) is 11.1. The Kier molecular flexibility index (Phi) is 7.46. The number of carbonyl (C=O) groups excluding carboxylic acids is 3. The van der Waals surface area contributed by atoms with E-state index in [1.165, 1.54) is 32.1 Å². The summed E-state index contributed by atoms with van der Waals surface area (Å²) in [7, 11) is 0. The molecule has 0 spiro atoms. The summed E-state index contributed by atoms with van der Waals surface area (Å²) < 4.78 is 22.1. The summed E-state index contributed by atoms with van der Waals surface area (Å²) in [5.41, 5.74) is 1.37. The maximum atomic E-state index is 12.9. The van der Waals surface area contributed by atoms with Crippen molar-refractivity contribution in [2.75, 3.05) is 13.2 Å². The SMILES string of the molecule is O=C(COC(=O)c1oc2ccccc2c1CSC1CCCCC1)NC(=O)[C@@H]1COc2ccccc2O1. The van der Waals surface area contributed by atoms with Crippen LogP contribution in [0.3, 0.4) is 0 Å². The largest absolute Gasteiger partial charge is 0.485 e. The zero-order valence-corrected chi connectivity index (χ0v) is 20.5. The van der Waals surface area contributed by atoms with Gasteiger partial charge in [0.2, 0.25) is 11.9 Å². The van der Waals surface area contributed by atoms with Gasteiger partial charge in [-0.1, -0.05) is 49.6 Å². The first-order valence-corrected chi connectivity index (χ1v) is 13.1. The first kappa shape index (κ1) is 24.2. The van der Waals surface area contributed by atoms with E-state index in [1.54, 1.807) is 30.3 Å². The van der Waals surface area contributed by atoms with E-state index in [0.29, 0.717) is 28.1 Å². The molecule has 0 unspecified atom stereocenters. The number of carbonyl (C=O) groups is 3. The molecule has 2 heterocycles. The minimum absolute atomic E-state index is 0.0308. The standard InChI is InChI=1S/C27H27NO7S/c29-24(28-26(30)23-14-32-21-12-6-7-13-22(21)34-23)15-33-27(31)25-19(16-36-17-8-2-1-3-9-17)18-10-4-5-11-20(18)35-25/h4-7,10-13,17,23H,1-3,8-9,14-16H2,(H,28,29,30)/t23-/m0/s1. The fourth-order valence-corrected chi connectivity index (χ4v) is 5.79. The van der Waals surface area contributed by atoms with Crippen LogP contribution in [0.15, 0.2) is 52.9 Å². The molecule has 3 aromatic rings. The van der Waals surface area contributed by atoms with E-state index in [1.807, 2.05) is 30.0 Å². The van der Waals surface area contributed by atoms with Gasteiger partial charge in [0, 0.05) is 22.0 Å². The van der Waals surface area contributed by atoms with Crippen molar-refractivity contribution >= 4 is 40.5 Å². The smallest absolute Gasteiger partial charge is 0.375 e. The number of esters is 1. The van der Waals surface area contributed by atoms with Crippen molar-refractivity contribution in [3.05, 3.63) is 59.9 Å². The molecule has 9 heteroatoms. The number of hydrogen-bond acceptors (Lipinski definition) is 8. The molecule has 2 aromatic carbocycles. The highest BCUT2D eigenvalue weighted by Crippen LogP contribution is 2.35. The second-order valence-corrected chi connectivity index (χ2v) is 10.1. The number of thioether (sulfide) groups is 1. The molecular weight excluding hydrogens is 482 g/mol. The highest BCUT2D eigenvalue weighted by Gasteiger charge is 2.29. The molecule has 188 valence electrons. The maximum absolute atomic E-state index is 12.9. The summed E-state index contributed by atoms with van der Waals surface area (Å²) in [5, 5.41) is 3.63. The molecule has 1 aromatic heterocycles. The summed E-state index contributed by atoms with van der Waals surface area (Å²) in [5.74, 6) is -0.490. The van der Waals surface area contributed by atoms with Crippen LogP contribution < -0.4 is 14.8 Å². The molecule has 36 heavy (non-hydrogen) atoms. The Balaban J connectivity index is 1.19. The summed E-state index contributed by atoms with van der Waals surface area (Å²) >= 11 is 1.83. The van der Waals surface area contributed by atoms with Gasteiger partial charge in [-0.2, -0.15) is 11.8 Å². The van der Waals surface area contributed by atoms with Crippen LogP contribution in [-0.2, 0) is 20.1 Å². The molecule has 5 rings (SSSR count). The Morgan fingerprint density at radius 3 is 2.56 bits per heavy atom. The number of furan rings is 1. The molecule has 8 nitrogen and oxygen atoms in total. The predicted octanol–water partition coefficient (Wildman–Crippen LogP) is 4.64. The first-order chi connectivity index (χ1) is 17.6. The molecule has 0 radical (unpaired) electrons. The molecule has 1 N–H and O–H groups in total. The number of fused-ring (bicyclic) bond motifs is 2. The van der Waals surface area contributed by atoms with Crippen LogP contribution in [0.4, 0.5) is 0 Å². The van der Waals surface area contributed by atoms with E-state index in [-0.39, 0.29) is 12.4 Å². The van der Waals surface area contributed by atoms with E-state index in [2.05, 4.69) is 5.32 Å². The third-order valence-corrected chi connectivity index (χ3v) is 7.70. The van der Waals surface area contributed by atoms with Gasteiger partial charge < -0.3 is 18.6 Å². The zero-order valence-electron chi connectivity index (χ0n) is 19.7. The van der Waals surface area contributed by atoms with E-state index in [4.69, 9.17) is 18.6 Å². The summed E-state index contributed by atoms with van der Waals surface area (Å²) in [6, 6.07) is 14.4. The average Bonchev–Trinajstić information content (AvgIpc) is 3.29. The molecule has 2 aliphatic rings. The lowest BCUT2D eigenvalue weighted by Gasteiger charge is -2.25. The van der Waals surface area contributed by atoms with Crippen LogP contribution in [0.25, 0.3) is 11.0 Å². The Morgan fingerprint density at radius 2 is 1.72 bits per heavy atom. The van der Waals surface area contributed by atoms with Crippen molar-refractivity contribution in [2.24, 2.45) is 0 Å². The normalized spacial score (nSPS) is 17.5. The highest BCUT2D eigenvalue weighted by molar-refractivity contribution is 7.99. The number of rotatable bonds is 7. The fraction of sp³-hybridized carbons (Fsp3) is 0.370. The number of hydrogen-bond donors (Lipinski definition) is 1. The fourth-order valence-electron chi connectivity index (χ4n) is 4.44. The van der Waals surface area contributed by atoms with E-state index in [9.17, 15) is 14.4 Å². The quantitative estimate of drug-likeness (QED) is 0.460.